The van der Waals surface area contributed by atoms with E-state index in [1.807, 2.05) is 21.8 Å². The SMILES string of the molecule is O=C(NCCSc1cn[nH]n1)N1CCCCC1CCn1cccn1. The zero-order valence-electron chi connectivity index (χ0n) is 13.6. The molecule has 3 rings (SSSR count). The van der Waals surface area contributed by atoms with Gasteiger partial charge in [0.1, 0.15) is 5.03 Å². The summed E-state index contributed by atoms with van der Waals surface area (Å²) in [4.78, 5) is 14.5. The summed E-state index contributed by atoms with van der Waals surface area (Å²) in [6.07, 6.45) is 9.73. The van der Waals surface area contributed by atoms with E-state index in [4.69, 9.17) is 0 Å². The molecule has 9 heteroatoms. The highest BCUT2D eigenvalue weighted by molar-refractivity contribution is 7.99. The fourth-order valence-electron chi connectivity index (χ4n) is 2.96. The molecule has 1 aliphatic heterocycles. The second-order valence-electron chi connectivity index (χ2n) is 5.79. The Labute approximate surface area is 145 Å². The average molecular weight is 349 g/mol. The van der Waals surface area contributed by atoms with Crippen LogP contribution in [0.2, 0.25) is 0 Å². The zero-order valence-corrected chi connectivity index (χ0v) is 14.4. The molecule has 0 radical (unpaired) electrons. The van der Waals surface area contributed by atoms with E-state index in [-0.39, 0.29) is 6.03 Å². The van der Waals surface area contributed by atoms with Crippen molar-refractivity contribution in [2.24, 2.45) is 0 Å². The summed E-state index contributed by atoms with van der Waals surface area (Å²) in [6, 6.07) is 2.27. The Morgan fingerprint density at radius 3 is 3.21 bits per heavy atom. The first-order chi connectivity index (χ1) is 11.8. The fraction of sp³-hybridized carbons (Fsp3) is 0.600. The normalized spacial score (nSPS) is 17.8. The van der Waals surface area contributed by atoms with Crippen molar-refractivity contribution >= 4 is 17.8 Å². The smallest absolute Gasteiger partial charge is 0.317 e. The number of rotatable bonds is 7. The summed E-state index contributed by atoms with van der Waals surface area (Å²) in [7, 11) is 0. The molecule has 2 N–H and O–H groups in total. The maximum absolute atomic E-state index is 12.5. The molecular formula is C15H23N7OS. The molecule has 2 aromatic rings. The predicted molar refractivity (Wildman–Crippen MR) is 91.7 cm³/mol. The Kier molecular flexibility index (Phi) is 6.11. The third-order valence-corrected chi connectivity index (χ3v) is 5.06. The lowest BCUT2D eigenvalue weighted by Crippen LogP contribution is -2.49. The van der Waals surface area contributed by atoms with E-state index < -0.39 is 0 Å². The highest BCUT2D eigenvalue weighted by Crippen LogP contribution is 2.20. The Bertz CT molecular complexity index is 601. The van der Waals surface area contributed by atoms with Crippen molar-refractivity contribution < 1.29 is 4.79 Å². The van der Waals surface area contributed by atoms with Crippen molar-refractivity contribution in [3.63, 3.8) is 0 Å². The zero-order chi connectivity index (χ0) is 16.6. The summed E-state index contributed by atoms with van der Waals surface area (Å²) in [5.74, 6) is 0.782. The molecule has 130 valence electrons. The molecule has 0 bridgehead atoms. The van der Waals surface area contributed by atoms with Crippen LogP contribution >= 0.6 is 11.8 Å². The van der Waals surface area contributed by atoms with Crippen molar-refractivity contribution in [3.8, 4) is 0 Å². The summed E-state index contributed by atoms with van der Waals surface area (Å²) in [5, 5.41) is 18.4. The van der Waals surface area contributed by atoms with Gasteiger partial charge in [-0.25, -0.2) is 4.79 Å². The highest BCUT2D eigenvalue weighted by atomic mass is 32.2. The van der Waals surface area contributed by atoms with Crippen LogP contribution in [0.5, 0.6) is 0 Å². The number of likely N-dealkylation sites (tertiary alicyclic amines) is 1. The van der Waals surface area contributed by atoms with Crippen molar-refractivity contribution in [1.29, 1.82) is 0 Å². The molecule has 0 aliphatic carbocycles. The molecule has 1 atom stereocenters. The number of carbonyl (C=O) groups is 1. The molecule has 0 saturated carbocycles. The predicted octanol–water partition coefficient (Wildman–Crippen LogP) is 1.75. The van der Waals surface area contributed by atoms with Crippen molar-refractivity contribution in [3.05, 3.63) is 24.7 Å². The molecule has 1 saturated heterocycles. The van der Waals surface area contributed by atoms with Crippen molar-refractivity contribution in [2.45, 2.75) is 43.3 Å². The quantitative estimate of drug-likeness (QED) is 0.587. The number of thioether (sulfide) groups is 1. The summed E-state index contributed by atoms with van der Waals surface area (Å²) >= 11 is 1.58. The number of carbonyl (C=O) groups excluding carboxylic acids is 1. The maximum atomic E-state index is 12.5. The van der Waals surface area contributed by atoms with E-state index in [2.05, 4.69) is 25.8 Å². The van der Waals surface area contributed by atoms with Gasteiger partial charge >= 0.3 is 6.03 Å². The van der Waals surface area contributed by atoms with Gasteiger partial charge in [-0.2, -0.15) is 15.4 Å². The number of hydrogen-bond acceptors (Lipinski definition) is 5. The molecular weight excluding hydrogens is 326 g/mol. The fourth-order valence-corrected chi connectivity index (χ4v) is 3.60. The van der Waals surface area contributed by atoms with Crippen LogP contribution < -0.4 is 5.32 Å². The topological polar surface area (TPSA) is 91.7 Å². The van der Waals surface area contributed by atoms with Gasteiger partial charge in [-0.1, -0.05) is 0 Å². The van der Waals surface area contributed by atoms with Gasteiger partial charge in [0.25, 0.3) is 0 Å². The van der Waals surface area contributed by atoms with Crippen LogP contribution in [-0.4, -0.2) is 61.0 Å². The number of urea groups is 1. The van der Waals surface area contributed by atoms with Crippen LogP contribution in [0.4, 0.5) is 4.79 Å². The number of nitrogens with one attached hydrogen (secondary N) is 2. The second kappa shape index (κ2) is 8.72. The minimum absolute atomic E-state index is 0.0425. The molecule has 1 fully saturated rings. The molecule has 3 heterocycles. The van der Waals surface area contributed by atoms with Gasteiger partial charge in [0.05, 0.1) is 6.20 Å². The second-order valence-corrected chi connectivity index (χ2v) is 6.90. The largest absolute Gasteiger partial charge is 0.337 e. The number of amides is 2. The molecule has 8 nitrogen and oxygen atoms in total. The third kappa shape index (κ3) is 4.73. The number of nitrogens with zero attached hydrogens (tertiary/aromatic N) is 5. The van der Waals surface area contributed by atoms with Crippen LogP contribution in [0, 0.1) is 0 Å². The monoisotopic (exact) mass is 349 g/mol. The first-order valence-corrected chi connectivity index (χ1v) is 9.32. The van der Waals surface area contributed by atoms with Crippen LogP contribution in [-0.2, 0) is 6.54 Å². The van der Waals surface area contributed by atoms with E-state index in [1.54, 1.807) is 24.2 Å². The Morgan fingerprint density at radius 2 is 2.42 bits per heavy atom. The molecule has 0 spiro atoms. The molecule has 1 unspecified atom stereocenters. The summed E-state index contributed by atoms with van der Waals surface area (Å²) in [6.45, 7) is 2.31. The van der Waals surface area contributed by atoms with E-state index in [0.717, 1.165) is 43.1 Å². The molecule has 0 aromatic carbocycles. The Morgan fingerprint density at radius 1 is 1.46 bits per heavy atom. The number of aromatic nitrogens is 5. The lowest BCUT2D eigenvalue weighted by Gasteiger charge is -2.35. The Balaban J connectivity index is 1.42. The summed E-state index contributed by atoms with van der Waals surface area (Å²) < 4.78 is 1.93. The van der Waals surface area contributed by atoms with Crippen LogP contribution in [0.15, 0.2) is 29.7 Å². The third-order valence-electron chi connectivity index (χ3n) is 4.16. The maximum Gasteiger partial charge on any atom is 0.317 e. The first kappa shape index (κ1) is 16.8. The van der Waals surface area contributed by atoms with Gasteiger partial charge < -0.3 is 10.2 Å². The lowest BCUT2D eigenvalue weighted by molar-refractivity contribution is 0.144. The lowest BCUT2D eigenvalue weighted by atomic mass is 10.00. The average Bonchev–Trinajstić information content (AvgIpc) is 3.30. The molecule has 2 aromatic heterocycles. The van der Waals surface area contributed by atoms with Crippen molar-refractivity contribution in [2.75, 3.05) is 18.8 Å². The number of aromatic amines is 1. The number of aryl methyl sites for hydroxylation is 1. The standard InChI is InChI=1S/C15H23N7OS/c23-15(16-7-11-24-14-12-17-20-19-14)22-9-2-1-4-13(22)5-10-21-8-3-6-18-21/h3,6,8,12-13H,1-2,4-5,7,9-11H2,(H,16,23)(H,17,19,20). The minimum Gasteiger partial charge on any atom is -0.337 e. The highest BCUT2D eigenvalue weighted by Gasteiger charge is 2.26. The van der Waals surface area contributed by atoms with E-state index in [0.29, 0.717) is 12.6 Å². The van der Waals surface area contributed by atoms with Crippen LogP contribution in [0.3, 0.4) is 0 Å². The van der Waals surface area contributed by atoms with Gasteiger partial charge in [0.15, 0.2) is 0 Å². The van der Waals surface area contributed by atoms with Gasteiger partial charge in [-0.15, -0.1) is 16.9 Å². The molecule has 24 heavy (non-hydrogen) atoms. The minimum atomic E-state index is 0.0425. The first-order valence-electron chi connectivity index (χ1n) is 8.33. The molecule has 2 amide bonds. The van der Waals surface area contributed by atoms with Gasteiger partial charge in [-0.05, 0) is 31.7 Å². The van der Waals surface area contributed by atoms with Gasteiger partial charge in [0, 0.05) is 43.8 Å². The van der Waals surface area contributed by atoms with Gasteiger partial charge in [-0.3, -0.25) is 4.68 Å². The van der Waals surface area contributed by atoms with E-state index in [9.17, 15) is 4.79 Å². The summed E-state index contributed by atoms with van der Waals surface area (Å²) in [5.41, 5.74) is 0. The van der Waals surface area contributed by atoms with Crippen molar-refractivity contribution in [1.82, 2.24) is 35.4 Å². The van der Waals surface area contributed by atoms with E-state index in [1.165, 1.54) is 6.42 Å². The van der Waals surface area contributed by atoms with Crippen LogP contribution in [0.25, 0.3) is 0 Å². The van der Waals surface area contributed by atoms with E-state index >= 15 is 0 Å². The molecule has 1 aliphatic rings. The van der Waals surface area contributed by atoms with Gasteiger partial charge in [0.2, 0.25) is 0 Å². The number of H-pyrrole nitrogens is 1. The number of piperidine rings is 1. The van der Waals surface area contributed by atoms with Crippen LogP contribution in [0.1, 0.15) is 25.7 Å². The Hall–Kier alpha value is -2.03. The number of hydrogen-bond donors (Lipinski definition) is 2.